The smallest absolute Gasteiger partial charge is 0.307 e. The number of aliphatic carboxylic acids is 1. The van der Waals surface area contributed by atoms with Gasteiger partial charge >= 0.3 is 5.97 Å². The van der Waals surface area contributed by atoms with E-state index < -0.39 is 17.3 Å². The molecule has 1 heterocycles. The molecule has 1 aromatic carbocycles. The lowest BCUT2D eigenvalue weighted by molar-refractivity contribution is -0.142. The third kappa shape index (κ3) is 3.11. The first kappa shape index (κ1) is 16.0. The minimum atomic E-state index is -0.851. The van der Waals surface area contributed by atoms with Crippen molar-refractivity contribution in [1.29, 1.82) is 0 Å². The van der Waals surface area contributed by atoms with E-state index in [9.17, 15) is 14.7 Å². The molecule has 1 amide bonds. The van der Waals surface area contributed by atoms with Crippen molar-refractivity contribution >= 4 is 11.9 Å². The largest absolute Gasteiger partial charge is 0.481 e. The Morgan fingerprint density at radius 1 is 1.09 bits per heavy atom. The summed E-state index contributed by atoms with van der Waals surface area (Å²) in [6.45, 7) is 7.70. The Balaban J connectivity index is 1.53. The summed E-state index contributed by atoms with van der Waals surface area (Å²) in [4.78, 5) is 28.0. The van der Waals surface area contributed by atoms with E-state index in [1.807, 2.05) is 36.9 Å². The highest BCUT2D eigenvalue weighted by atomic mass is 16.4. The molecular formula is C18H24N2O3. The van der Waals surface area contributed by atoms with Gasteiger partial charge in [-0.3, -0.25) is 14.5 Å². The normalized spacial score (nSPS) is 26.8. The zero-order chi connectivity index (χ0) is 16.6. The molecule has 1 saturated carbocycles. The van der Waals surface area contributed by atoms with Crippen molar-refractivity contribution in [1.82, 2.24) is 9.80 Å². The molecule has 23 heavy (non-hydrogen) atoms. The quantitative estimate of drug-likeness (QED) is 0.918. The zero-order valence-electron chi connectivity index (χ0n) is 13.7. The van der Waals surface area contributed by atoms with Crippen LogP contribution in [0.2, 0.25) is 0 Å². The van der Waals surface area contributed by atoms with Gasteiger partial charge in [0.25, 0.3) is 0 Å². The summed E-state index contributed by atoms with van der Waals surface area (Å²) >= 11 is 0. The summed E-state index contributed by atoms with van der Waals surface area (Å²) in [5, 5.41) is 9.23. The van der Waals surface area contributed by atoms with E-state index in [0.29, 0.717) is 13.1 Å². The number of carbonyl (C=O) groups is 2. The highest BCUT2D eigenvalue weighted by Gasteiger charge is 2.66. The Morgan fingerprint density at radius 3 is 2.22 bits per heavy atom. The number of rotatable bonds is 4. The summed E-state index contributed by atoms with van der Waals surface area (Å²) in [5.74, 6) is -1.73. The highest BCUT2D eigenvalue weighted by molar-refractivity contribution is 5.91. The molecule has 3 rings (SSSR count). The molecular weight excluding hydrogens is 292 g/mol. The highest BCUT2D eigenvalue weighted by Crippen LogP contribution is 2.59. The van der Waals surface area contributed by atoms with Crippen LogP contribution in [0.3, 0.4) is 0 Å². The molecule has 2 atom stereocenters. The number of hydrogen-bond acceptors (Lipinski definition) is 3. The molecule has 0 spiro atoms. The number of carboxylic acid groups (broad SMARTS) is 1. The second kappa shape index (κ2) is 5.96. The average molecular weight is 316 g/mol. The Kier molecular flexibility index (Phi) is 4.15. The number of nitrogens with zero attached hydrogens (tertiary/aromatic N) is 2. The maximum atomic E-state index is 12.6. The van der Waals surface area contributed by atoms with E-state index in [-0.39, 0.29) is 11.8 Å². The van der Waals surface area contributed by atoms with Crippen LogP contribution >= 0.6 is 0 Å². The Morgan fingerprint density at radius 2 is 1.70 bits per heavy atom. The van der Waals surface area contributed by atoms with Crippen LogP contribution in [0.15, 0.2) is 30.3 Å². The van der Waals surface area contributed by atoms with E-state index >= 15 is 0 Å². The van der Waals surface area contributed by atoms with Crippen LogP contribution in [0.5, 0.6) is 0 Å². The number of hydrogen-bond donors (Lipinski definition) is 1. The number of carboxylic acids is 1. The summed E-state index contributed by atoms with van der Waals surface area (Å²) in [6, 6.07) is 10.3. The van der Waals surface area contributed by atoms with E-state index in [1.54, 1.807) is 0 Å². The molecule has 1 aliphatic carbocycles. The lowest BCUT2D eigenvalue weighted by Crippen LogP contribution is -2.49. The fourth-order valence-electron chi connectivity index (χ4n) is 3.72. The molecule has 0 radical (unpaired) electrons. The van der Waals surface area contributed by atoms with Crippen molar-refractivity contribution < 1.29 is 14.7 Å². The van der Waals surface area contributed by atoms with E-state index in [0.717, 1.165) is 19.6 Å². The molecule has 1 aromatic rings. The van der Waals surface area contributed by atoms with Crippen molar-refractivity contribution in [2.45, 2.75) is 20.4 Å². The standard InChI is InChI=1S/C18H24N2O3/c1-18(2)14(15(18)17(22)23)16(21)20-10-8-19(9-11-20)12-13-6-4-3-5-7-13/h3-7,14-15H,8-12H2,1-2H3,(H,22,23)/t14-,15-/m1/s1. The predicted molar refractivity (Wildman–Crippen MR) is 86.7 cm³/mol. The van der Waals surface area contributed by atoms with Gasteiger partial charge in [0.05, 0.1) is 11.8 Å². The first-order valence-corrected chi connectivity index (χ1v) is 8.19. The SMILES string of the molecule is CC1(C)[C@@H](C(=O)O)[C@@H]1C(=O)N1CCN(Cc2ccccc2)CC1. The molecule has 1 saturated heterocycles. The summed E-state index contributed by atoms with van der Waals surface area (Å²) in [7, 11) is 0. The van der Waals surface area contributed by atoms with Gasteiger partial charge in [0.2, 0.25) is 5.91 Å². The minimum Gasteiger partial charge on any atom is -0.481 e. The molecule has 1 aliphatic heterocycles. The molecule has 2 fully saturated rings. The second-order valence-corrected chi connectivity index (χ2v) is 7.20. The van der Waals surface area contributed by atoms with Gasteiger partial charge in [0.15, 0.2) is 0 Å². The maximum Gasteiger partial charge on any atom is 0.307 e. The first-order chi connectivity index (χ1) is 10.9. The van der Waals surface area contributed by atoms with Crippen LogP contribution in [0.4, 0.5) is 0 Å². The molecule has 2 aliphatic rings. The number of carbonyl (C=O) groups excluding carboxylic acids is 1. The van der Waals surface area contributed by atoms with Crippen molar-refractivity contribution in [3.63, 3.8) is 0 Å². The second-order valence-electron chi connectivity index (χ2n) is 7.20. The number of benzene rings is 1. The van der Waals surface area contributed by atoms with Crippen molar-refractivity contribution in [2.24, 2.45) is 17.3 Å². The van der Waals surface area contributed by atoms with Gasteiger partial charge in [-0.25, -0.2) is 0 Å². The molecule has 0 unspecified atom stereocenters. The van der Waals surface area contributed by atoms with Crippen molar-refractivity contribution in [3.8, 4) is 0 Å². The van der Waals surface area contributed by atoms with Crippen LogP contribution in [0.1, 0.15) is 19.4 Å². The molecule has 0 bridgehead atoms. The molecule has 124 valence electrons. The fraction of sp³-hybridized carbons (Fsp3) is 0.556. The van der Waals surface area contributed by atoms with E-state index in [4.69, 9.17) is 0 Å². The lowest BCUT2D eigenvalue weighted by atomic mass is 10.1. The first-order valence-electron chi connectivity index (χ1n) is 8.19. The number of piperazine rings is 1. The average Bonchev–Trinajstić information content (AvgIpc) is 3.11. The van der Waals surface area contributed by atoms with Crippen molar-refractivity contribution in [3.05, 3.63) is 35.9 Å². The van der Waals surface area contributed by atoms with Gasteiger partial charge in [0.1, 0.15) is 0 Å². The lowest BCUT2D eigenvalue weighted by Gasteiger charge is -2.35. The van der Waals surface area contributed by atoms with Crippen LogP contribution in [0.25, 0.3) is 0 Å². The zero-order valence-corrected chi connectivity index (χ0v) is 13.7. The minimum absolute atomic E-state index is 0.0155. The Bertz CT molecular complexity index is 592. The molecule has 5 heteroatoms. The van der Waals surface area contributed by atoms with Gasteiger partial charge in [0, 0.05) is 32.7 Å². The van der Waals surface area contributed by atoms with Crippen molar-refractivity contribution in [2.75, 3.05) is 26.2 Å². The van der Waals surface area contributed by atoms with Gasteiger partial charge in [-0.1, -0.05) is 44.2 Å². The summed E-state index contributed by atoms with van der Waals surface area (Å²) in [6.07, 6.45) is 0. The number of amides is 1. The third-order valence-corrected chi connectivity index (χ3v) is 5.29. The predicted octanol–water partition coefficient (Wildman–Crippen LogP) is 1.69. The van der Waals surface area contributed by atoms with E-state index in [2.05, 4.69) is 17.0 Å². The molecule has 1 N–H and O–H groups in total. The molecule has 0 aromatic heterocycles. The van der Waals surface area contributed by atoms with Crippen LogP contribution in [-0.2, 0) is 16.1 Å². The Labute approximate surface area is 136 Å². The summed E-state index contributed by atoms with van der Waals surface area (Å²) in [5.41, 5.74) is 0.867. The van der Waals surface area contributed by atoms with Crippen LogP contribution in [-0.4, -0.2) is 53.0 Å². The fourth-order valence-corrected chi connectivity index (χ4v) is 3.72. The maximum absolute atomic E-state index is 12.6. The topological polar surface area (TPSA) is 60.9 Å². The van der Waals surface area contributed by atoms with Gasteiger partial charge < -0.3 is 10.0 Å². The summed E-state index contributed by atoms with van der Waals surface area (Å²) < 4.78 is 0. The molecule has 5 nitrogen and oxygen atoms in total. The Hall–Kier alpha value is -1.88. The monoisotopic (exact) mass is 316 g/mol. The van der Waals surface area contributed by atoms with Crippen LogP contribution < -0.4 is 0 Å². The van der Waals surface area contributed by atoms with Gasteiger partial charge in [-0.05, 0) is 11.0 Å². The third-order valence-electron chi connectivity index (χ3n) is 5.29. The van der Waals surface area contributed by atoms with Crippen LogP contribution in [0, 0.1) is 17.3 Å². The van der Waals surface area contributed by atoms with Gasteiger partial charge in [-0.15, -0.1) is 0 Å². The van der Waals surface area contributed by atoms with E-state index in [1.165, 1.54) is 5.56 Å². The van der Waals surface area contributed by atoms with Gasteiger partial charge in [-0.2, -0.15) is 0 Å².